The second-order valence-corrected chi connectivity index (χ2v) is 6.20. The molecule has 1 fully saturated rings. The number of nitrogens with two attached hydrogens (primary N) is 1. The molecule has 3 rings (SSSR count). The van der Waals surface area contributed by atoms with Crippen molar-refractivity contribution in [1.29, 1.82) is 0 Å². The Morgan fingerprint density at radius 2 is 1.77 bits per heavy atom. The molecule has 0 amide bonds. The van der Waals surface area contributed by atoms with Gasteiger partial charge >= 0.3 is 0 Å². The minimum atomic E-state index is -0.435. The monoisotopic (exact) mass is 296 g/mol. The highest BCUT2D eigenvalue weighted by molar-refractivity contribution is 5.39. The van der Waals surface area contributed by atoms with E-state index >= 15 is 0 Å². The Bertz CT molecular complexity index is 582. The predicted octanol–water partition coefficient (Wildman–Crippen LogP) is 3.06. The molecule has 1 saturated heterocycles. The molecule has 0 bridgehead atoms. The molecule has 1 aliphatic rings. The van der Waals surface area contributed by atoms with E-state index in [4.69, 9.17) is 5.73 Å². The van der Waals surface area contributed by atoms with Crippen molar-refractivity contribution in [2.45, 2.75) is 43.9 Å². The van der Waals surface area contributed by atoms with E-state index in [-0.39, 0.29) is 6.04 Å². The SMILES string of the molecule is Nc1ccc(C[C@@H]2CCC[C@H]([C@H](O)c3ccccc3)N2)cc1. The van der Waals surface area contributed by atoms with Crippen molar-refractivity contribution in [1.82, 2.24) is 5.32 Å². The van der Waals surface area contributed by atoms with Crippen LogP contribution in [0, 0.1) is 0 Å². The average Bonchev–Trinajstić information content (AvgIpc) is 2.57. The summed E-state index contributed by atoms with van der Waals surface area (Å²) in [5, 5.41) is 14.2. The number of nitrogen functional groups attached to an aromatic ring is 1. The molecule has 0 aliphatic carbocycles. The van der Waals surface area contributed by atoms with Crippen molar-refractivity contribution in [3.63, 3.8) is 0 Å². The van der Waals surface area contributed by atoms with Crippen LogP contribution in [0.2, 0.25) is 0 Å². The average molecular weight is 296 g/mol. The highest BCUT2D eigenvalue weighted by Crippen LogP contribution is 2.25. The van der Waals surface area contributed by atoms with E-state index in [0.29, 0.717) is 6.04 Å². The molecule has 3 heteroatoms. The highest BCUT2D eigenvalue weighted by Gasteiger charge is 2.27. The van der Waals surface area contributed by atoms with Crippen molar-refractivity contribution in [2.75, 3.05) is 5.73 Å². The van der Waals surface area contributed by atoms with Crippen LogP contribution in [-0.2, 0) is 6.42 Å². The molecule has 4 N–H and O–H groups in total. The minimum absolute atomic E-state index is 0.134. The molecular formula is C19H24N2O. The van der Waals surface area contributed by atoms with Crippen LogP contribution in [-0.4, -0.2) is 17.2 Å². The molecular weight excluding hydrogens is 272 g/mol. The number of anilines is 1. The van der Waals surface area contributed by atoms with Gasteiger partial charge in [-0.2, -0.15) is 0 Å². The predicted molar refractivity (Wildman–Crippen MR) is 90.5 cm³/mol. The van der Waals surface area contributed by atoms with E-state index in [1.54, 1.807) is 0 Å². The zero-order valence-corrected chi connectivity index (χ0v) is 12.8. The molecule has 2 aromatic rings. The fraction of sp³-hybridized carbons (Fsp3) is 0.368. The Labute approximate surface area is 132 Å². The maximum absolute atomic E-state index is 10.6. The van der Waals surface area contributed by atoms with Gasteiger partial charge < -0.3 is 16.2 Å². The number of piperidine rings is 1. The molecule has 0 unspecified atom stereocenters. The van der Waals surface area contributed by atoms with E-state index in [2.05, 4.69) is 17.4 Å². The first-order valence-electron chi connectivity index (χ1n) is 8.06. The van der Waals surface area contributed by atoms with Crippen LogP contribution in [0.1, 0.15) is 36.5 Å². The van der Waals surface area contributed by atoms with E-state index in [0.717, 1.165) is 36.9 Å². The van der Waals surface area contributed by atoms with Gasteiger partial charge in [0.25, 0.3) is 0 Å². The van der Waals surface area contributed by atoms with Gasteiger partial charge in [-0.3, -0.25) is 0 Å². The van der Waals surface area contributed by atoms with Crippen molar-refractivity contribution in [3.05, 3.63) is 65.7 Å². The number of nitrogens with one attached hydrogen (secondary N) is 1. The Kier molecular flexibility index (Phi) is 4.76. The highest BCUT2D eigenvalue weighted by atomic mass is 16.3. The molecule has 22 heavy (non-hydrogen) atoms. The number of hydrogen-bond donors (Lipinski definition) is 3. The Hall–Kier alpha value is -1.84. The third-order valence-electron chi connectivity index (χ3n) is 4.50. The molecule has 0 radical (unpaired) electrons. The second-order valence-electron chi connectivity index (χ2n) is 6.20. The van der Waals surface area contributed by atoms with Crippen LogP contribution in [0.3, 0.4) is 0 Å². The molecule has 0 saturated carbocycles. The van der Waals surface area contributed by atoms with Gasteiger partial charge in [-0.15, -0.1) is 0 Å². The van der Waals surface area contributed by atoms with Gasteiger partial charge in [0.2, 0.25) is 0 Å². The summed E-state index contributed by atoms with van der Waals surface area (Å²) in [5.41, 5.74) is 8.83. The summed E-state index contributed by atoms with van der Waals surface area (Å²) in [4.78, 5) is 0. The van der Waals surface area contributed by atoms with Gasteiger partial charge in [0, 0.05) is 17.8 Å². The summed E-state index contributed by atoms with van der Waals surface area (Å²) in [5.74, 6) is 0. The van der Waals surface area contributed by atoms with Crippen LogP contribution >= 0.6 is 0 Å². The smallest absolute Gasteiger partial charge is 0.0943 e. The van der Waals surface area contributed by atoms with Crippen molar-refractivity contribution < 1.29 is 5.11 Å². The van der Waals surface area contributed by atoms with Crippen LogP contribution in [0.25, 0.3) is 0 Å². The van der Waals surface area contributed by atoms with Crippen molar-refractivity contribution >= 4 is 5.69 Å². The van der Waals surface area contributed by atoms with E-state index in [1.165, 1.54) is 5.56 Å². The number of aliphatic hydroxyl groups excluding tert-OH is 1. The summed E-state index contributed by atoms with van der Waals surface area (Å²) in [7, 11) is 0. The minimum Gasteiger partial charge on any atom is -0.399 e. The lowest BCUT2D eigenvalue weighted by Gasteiger charge is -2.34. The summed E-state index contributed by atoms with van der Waals surface area (Å²) >= 11 is 0. The van der Waals surface area contributed by atoms with Crippen LogP contribution in [0.4, 0.5) is 5.69 Å². The number of rotatable bonds is 4. The molecule has 1 heterocycles. The molecule has 3 nitrogen and oxygen atoms in total. The number of benzene rings is 2. The molecule has 116 valence electrons. The molecule has 1 aliphatic heterocycles. The zero-order chi connectivity index (χ0) is 15.4. The van der Waals surface area contributed by atoms with Gasteiger partial charge in [0.15, 0.2) is 0 Å². The van der Waals surface area contributed by atoms with Crippen LogP contribution in [0.15, 0.2) is 54.6 Å². The van der Waals surface area contributed by atoms with Crippen molar-refractivity contribution in [3.8, 4) is 0 Å². The molecule has 0 aromatic heterocycles. The summed E-state index contributed by atoms with van der Waals surface area (Å²) in [6.07, 6.45) is 3.88. The third kappa shape index (κ3) is 3.67. The maximum Gasteiger partial charge on any atom is 0.0943 e. The molecule has 3 atom stereocenters. The van der Waals surface area contributed by atoms with Gasteiger partial charge in [-0.1, -0.05) is 48.9 Å². The van der Waals surface area contributed by atoms with Crippen LogP contribution in [0.5, 0.6) is 0 Å². The summed E-state index contributed by atoms with van der Waals surface area (Å²) in [6.45, 7) is 0. The number of hydrogen-bond acceptors (Lipinski definition) is 3. The van der Waals surface area contributed by atoms with E-state index < -0.39 is 6.10 Å². The normalized spacial score (nSPS) is 23.1. The van der Waals surface area contributed by atoms with Gasteiger partial charge in [0.05, 0.1) is 6.10 Å². The molecule has 2 aromatic carbocycles. The Balaban J connectivity index is 1.63. The quantitative estimate of drug-likeness (QED) is 0.760. The Morgan fingerprint density at radius 1 is 1.05 bits per heavy atom. The fourth-order valence-electron chi connectivity index (χ4n) is 3.28. The van der Waals surface area contributed by atoms with E-state index in [9.17, 15) is 5.11 Å². The van der Waals surface area contributed by atoms with Gasteiger partial charge in [-0.05, 0) is 42.5 Å². The second kappa shape index (κ2) is 6.95. The number of aliphatic hydroxyl groups is 1. The Morgan fingerprint density at radius 3 is 2.50 bits per heavy atom. The van der Waals surface area contributed by atoms with Crippen LogP contribution < -0.4 is 11.1 Å². The topological polar surface area (TPSA) is 58.3 Å². The fourth-order valence-corrected chi connectivity index (χ4v) is 3.28. The maximum atomic E-state index is 10.6. The lowest BCUT2D eigenvalue weighted by atomic mass is 9.89. The first-order chi connectivity index (χ1) is 10.7. The zero-order valence-electron chi connectivity index (χ0n) is 12.8. The van der Waals surface area contributed by atoms with Gasteiger partial charge in [0.1, 0.15) is 0 Å². The lowest BCUT2D eigenvalue weighted by molar-refractivity contribution is 0.101. The first-order valence-corrected chi connectivity index (χ1v) is 8.06. The standard InChI is InChI=1S/C19H24N2O/c20-16-11-9-14(10-12-16)13-17-7-4-8-18(21-17)19(22)15-5-2-1-3-6-15/h1-3,5-6,9-12,17-19,21-22H,4,7-8,13,20H2/t17-,18+,19+/m0/s1. The largest absolute Gasteiger partial charge is 0.399 e. The summed E-state index contributed by atoms with van der Waals surface area (Å²) < 4.78 is 0. The van der Waals surface area contributed by atoms with E-state index in [1.807, 2.05) is 42.5 Å². The van der Waals surface area contributed by atoms with Gasteiger partial charge in [-0.25, -0.2) is 0 Å². The third-order valence-corrected chi connectivity index (χ3v) is 4.50. The van der Waals surface area contributed by atoms with Crippen molar-refractivity contribution in [2.24, 2.45) is 0 Å². The summed E-state index contributed by atoms with van der Waals surface area (Å²) in [6, 6.07) is 18.6. The first kappa shape index (κ1) is 15.1. The molecule has 0 spiro atoms. The lowest BCUT2D eigenvalue weighted by Crippen LogP contribution is -2.46.